The Bertz CT molecular complexity index is 621. The lowest BCUT2D eigenvalue weighted by atomic mass is 9.78. The van der Waals surface area contributed by atoms with Crippen LogP contribution in [0.5, 0.6) is 0 Å². The van der Waals surface area contributed by atoms with Gasteiger partial charge in [-0.3, -0.25) is 0 Å². The standard InChI is InChI=1S/C16H17N/c1-11-14-8-4-3-6-12(14)10-13-7-5-9-16(2,17)15(11)13/h3-8,10H,9,17H2,1-2H3. The van der Waals surface area contributed by atoms with Crippen molar-refractivity contribution in [2.24, 2.45) is 5.73 Å². The summed E-state index contributed by atoms with van der Waals surface area (Å²) >= 11 is 0. The van der Waals surface area contributed by atoms with Crippen molar-refractivity contribution in [1.29, 1.82) is 0 Å². The SMILES string of the molecule is Cc1c2c(cc3ccccc13)C=CCC2(C)N. The number of rotatable bonds is 0. The molecule has 1 unspecified atom stereocenters. The lowest BCUT2D eigenvalue weighted by Crippen LogP contribution is -2.35. The Morgan fingerprint density at radius 3 is 2.82 bits per heavy atom. The highest BCUT2D eigenvalue weighted by Gasteiger charge is 2.27. The summed E-state index contributed by atoms with van der Waals surface area (Å²) in [5, 5.41) is 2.62. The number of fused-ring (bicyclic) bond motifs is 2. The van der Waals surface area contributed by atoms with Crippen molar-refractivity contribution < 1.29 is 0 Å². The molecule has 1 atom stereocenters. The van der Waals surface area contributed by atoms with Gasteiger partial charge in [-0.1, -0.05) is 36.4 Å². The number of benzene rings is 2. The van der Waals surface area contributed by atoms with E-state index in [4.69, 9.17) is 5.73 Å². The minimum absolute atomic E-state index is 0.238. The number of hydrogen-bond acceptors (Lipinski definition) is 1. The molecule has 1 aliphatic rings. The second-order valence-corrected chi connectivity index (χ2v) is 5.21. The summed E-state index contributed by atoms with van der Waals surface area (Å²) < 4.78 is 0. The highest BCUT2D eigenvalue weighted by Crippen LogP contribution is 2.37. The number of aryl methyl sites for hydroxylation is 1. The van der Waals surface area contributed by atoms with E-state index in [0.29, 0.717) is 0 Å². The van der Waals surface area contributed by atoms with Gasteiger partial charge in [-0.25, -0.2) is 0 Å². The molecule has 2 N–H and O–H groups in total. The molecule has 0 radical (unpaired) electrons. The lowest BCUT2D eigenvalue weighted by Gasteiger charge is -2.31. The topological polar surface area (TPSA) is 26.0 Å². The summed E-state index contributed by atoms with van der Waals surface area (Å²) in [4.78, 5) is 0. The largest absolute Gasteiger partial charge is 0.321 e. The molecule has 1 nitrogen and oxygen atoms in total. The molecule has 0 aromatic heterocycles. The first-order valence-electron chi connectivity index (χ1n) is 6.08. The van der Waals surface area contributed by atoms with Crippen LogP contribution in [0.3, 0.4) is 0 Å². The van der Waals surface area contributed by atoms with E-state index in [2.05, 4.69) is 56.3 Å². The minimum atomic E-state index is -0.238. The molecule has 1 heteroatoms. The molecule has 0 fully saturated rings. The first-order valence-corrected chi connectivity index (χ1v) is 6.08. The van der Waals surface area contributed by atoms with Crippen molar-refractivity contribution in [3.05, 3.63) is 53.1 Å². The Kier molecular flexibility index (Phi) is 2.14. The van der Waals surface area contributed by atoms with Crippen LogP contribution in [0.25, 0.3) is 16.8 Å². The molecule has 0 saturated carbocycles. The van der Waals surface area contributed by atoms with E-state index >= 15 is 0 Å². The average molecular weight is 223 g/mol. The van der Waals surface area contributed by atoms with Gasteiger partial charge in [0.1, 0.15) is 0 Å². The van der Waals surface area contributed by atoms with E-state index < -0.39 is 0 Å². The summed E-state index contributed by atoms with van der Waals surface area (Å²) in [6.45, 7) is 4.31. The monoisotopic (exact) mass is 223 g/mol. The van der Waals surface area contributed by atoms with E-state index in [1.165, 1.54) is 27.5 Å². The van der Waals surface area contributed by atoms with Crippen molar-refractivity contribution in [3.63, 3.8) is 0 Å². The predicted molar refractivity (Wildman–Crippen MR) is 73.9 cm³/mol. The van der Waals surface area contributed by atoms with E-state index in [1.807, 2.05) is 0 Å². The van der Waals surface area contributed by atoms with Crippen molar-refractivity contribution in [3.8, 4) is 0 Å². The third-order valence-corrected chi connectivity index (χ3v) is 3.75. The van der Waals surface area contributed by atoms with Crippen LogP contribution in [-0.2, 0) is 5.54 Å². The van der Waals surface area contributed by atoms with Gasteiger partial charge in [0.2, 0.25) is 0 Å². The van der Waals surface area contributed by atoms with E-state index in [0.717, 1.165) is 6.42 Å². The first-order chi connectivity index (χ1) is 8.09. The van der Waals surface area contributed by atoms with E-state index in [1.54, 1.807) is 0 Å². The fourth-order valence-electron chi connectivity index (χ4n) is 2.98. The van der Waals surface area contributed by atoms with Gasteiger partial charge in [0.05, 0.1) is 0 Å². The molecule has 0 spiro atoms. The molecule has 0 bridgehead atoms. The van der Waals surface area contributed by atoms with Gasteiger partial charge in [0.15, 0.2) is 0 Å². The van der Waals surface area contributed by atoms with Crippen LogP contribution in [0.2, 0.25) is 0 Å². The molecule has 1 aliphatic carbocycles. The van der Waals surface area contributed by atoms with Gasteiger partial charge in [-0.05, 0) is 53.8 Å². The third-order valence-electron chi connectivity index (χ3n) is 3.75. The van der Waals surface area contributed by atoms with Crippen molar-refractivity contribution in [2.45, 2.75) is 25.8 Å². The van der Waals surface area contributed by atoms with Gasteiger partial charge in [-0.15, -0.1) is 0 Å². The van der Waals surface area contributed by atoms with Crippen molar-refractivity contribution >= 4 is 16.8 Å². The van der Waals surface area contributed by atoms with Crippen LogP contribution < -0.4 is 5.73 Å². The zero-order chi connectivity index (χ0) is 12.0. The van der Waals surface area contributed by atoms with E-state index in [-0.39, 0.29) is 5.54 Å². The zero-order valence-electron chi connectivity index (χ0n) is 10.3. The fraction of sp³-hybridized carbons (Fsp3) is 0.250. The maximum Gasteiger partial charge on any atom is 0.0424 e. The van der Waals surface area contributed by atoms with Crippen molar-refractivity contribution in [1.82, 2.24) is 0 Å². The molecular weight excluding hydrogens is 206 g/mol. The van der Waals surface area contributed by atoms with Crippen molar-refractivity contribution in [2.75, 3.05) is 0 Å². The second kappa shape index (κ2) is 3.44. The minimum Gasteiger partial charge on any atom is -0.321 e. The summed E-state index contributed by atoms with van der Waals surface area (Å²) in [6, 6.07) is 10.8. The normalized spacial score (nSPS) is 22.8. The first kappa shape index (κ1) is 10.5. The third kappa shape index (κ3) is 1.50. The average Bonchev–Trinajstić information content (AvgIpc) is 2.28. The maximum atomic E-state index is 6.43. The lowest BCUT2D eigenvalue weighted by molar-refractivity contribution is 0.495. The molecule has 2 aromatic rings. The molecule has 0 aliphatic heterocycles. The smallest absolute Gasteiger partial charge is 0.0424 e. The Morgan fingerprint density at radius 2 is 2.00 bits per heavy atom. The Labute approximate surface area is 102 Å². The Hall–Kier alpha value is -1.60. The van der Waals surface area contributed by atoms with Gasteiger partial charge < -0.3 is 5.73 Å². The number of nitrogens with two attached hydrogens (primary N) is 1. The molecule has 86 valence electrons. The van der Waals surface area contributed by atoms with Gasteiger partial charge in [0.25, 0.3) is 0 Å². The Balaban J connectivity index is 2.44. The molecule has 3 rings (SSSR count). The van der Waals surface area contributed by atoms with Gasteiger partial charge >= 0.3 is 0 Å². The predicted octanol–water partition coefficient (Wildman–Crippen LogP) is 3.74. The fourth-order valence-corrected chi connectivity index (χ4v) is 2.98. The molecule has 2 aromatic carbocycles. The molecule has 17 heavy (non-hydrogen) atoms. The van der Waals surface area contributed by atoms with Gasteiger partial charge in [0, 0.05) is 5.54 Å². The maximum absolute atomic E-state index is 6.43. The highest BCUT2D eigenvalue weighted by molar-refractivity contribution is 5.90. The summed E-state index contributed by atoms with van der Waals surface area (Å²) in [5.41, 5.74) is 10.1. The summed E-state index contributed by atoms with van der Waals surface area (Å²) in [5.74, 6) is 0. The second-order valence-electron chi connectivity index (χ2n) is 5.21. The summed E-state index contributed by atoms with van der Waals surface area (Å²) in [6.07, 6.45) is 5.29. The highest BCUT2D eigenvalue weighted by atomic mass is 14.7. The quantitative estimate of drug-likeness (QED) is 0.723. The van der Waals surface area contributed by atoms with Crippen LogP contribution in [0.15, 0.2) is 36.4 Å². The van der Waals surface area contributed by atoms with E-state index in [9.17, 15) is 0 Å². The summed E-state index contributed by atoms with van der Waals surface area (Å²) in [7, 11) is 0. The van der Waals surface area contributed by atoms with Crippen LogP contribution in [-0.4, -0.2) is 0 Å². The Morgan fingerprint density at radius 1 is 1.24 bits per heavy atom. The molecule has 0 saturated heterocycles. The van der Waals surface area contributed by atoms with Gasteiger partial charge in [-0.2, -0.15) is 0 Å². The van der Waals surface area contributed by atoms with Crippen LogP contribution in [0.1, 0.15) is 30.0 Å². The number of hydrogen-bond donors (Lipinski definition) is 1. The van der Waals surface area contributed by atoms with Crippen LogP contribution in [0.4, 0.5) is 0 Å². The zero-order valence-corrected chi connectivity index (χ0v) is 10.3. The molecule has 0 heterocycles. The molecular formula is C16H17N. The van der Waals surface area contributed by atoms with Crippen LogP contribution in [0, 0.1) is 6.92 Å². The molecule has 0 amide bonds. The van der Waals surface area contributed by atoms with Crippen LogP contribution >= 0.6 is 0 Å².